The highest BCUT2D eigenvalue weighted by molar-refractivity contribution is 7.97. The number of rotatable bonds is 4. The van der Waals surface area contributed by atoms with E-state index in [1.165, 1.54) is 18.4 Å². The molecule has 1 aliphatic heterocycles. The lowest BCUT2D eigenvalue weighted by Crippen LogP contribution is -2.05. The molecule has 1 heterocycles. The molecule has 6 nitrogen and oxygen atoms in total. The Morgan fingerprint density at radius 1 is 1.32 bits per heavy atom. The number of hydrazone groups is 1. The van der Waals surface area contributed by atoms with Crippen molar-refractivity contribution in [2.24, 2.45) is 5.10 Å². The fourth-order valence-electron chi connectivity index (χ4n) is 1.47. The van der Waals surface area contributed by atoms with Crippen LogP contribution in [0.25, 0.3) is 0 Å². The third kappa shape index (κ3) is 3.29. The number of sulfone groups is 1. The van der Waals surface area contributed by atoms with Gasteiger partial charge in [-0.15, -0.1) is 0 Å². The third-order valence-corrected chi connectivity index (χ3v) is 3.41. The van der Waals surface area contributed by atoms with E-state index < -0.39 is 15.8 Å². The number of hydrogen-bond acceptors (Lipinski definition) is 5. The van der Waals surface area contributed by atoms with Gasteiger partial charge in [0.2, 0.25) is 0 Å². The average molecular weight is 278 g/mol. The number of nitrogens with one attached hydrogen (secondary N) is 1. The molecule has 0 aromatic heterocycles. The van der Waals surface area contributed by atoms with Crippen LogP contribution in [-0.4, -0.2) is 25.7 Å². The number of allylic oxidation sites excluding steroid dienone is 1. The summed E-state index contributed by atoms with van der Waals surface area (Å²) in [5, 5.41) is 14.9. The van der Waals surface area contributed by atoms with Crippen molar-refractivity contribution in [3.8, 4) is 0 Å². The van der Waals surface area contributed by atoms with Crippen molar-refractivity contribution in [3.63, 3.8) is 0 Å². The average Bonchev–Trinajstić information content (AvgIpc) is 2.69. The van der Waals surface area contributed by atoms with Gasteiger partial charge in [0.05, 0.1) is 22.9 Å². The van der Waals surface area contributed by atoms with E-state index in [-0.39, 0.29) is 5.56 Å². The molecule has 2 N–H and O–H groups in total. The number of hydrogen-bond donors (Lipinski definition) is 2. The molecule has 0 bridgehead atoms. The predicted molar refractivity (Wildman–Crippen MR) is 70.3 cm³/mol. The maximum Gasteiger partial charge on any atom is 0.336 e. The monoisotopic (exact) mass is 278 g/mol. The van der Waals surface area contributed by atoms with Crippen molar-refractivity contribution in [3.05, 3.63) is 58.0 Å². The van der Waals surface area contributed by atoms with Crippen LogP contribution < -0.4 is 5.43 Å². The summed E-state index contributed by atoms with van der Waals surface area (Å²) in [6.45, 7) is 0. The highest BCUT2D eigenvalue weighted by Gasteiger charge is 2.10. The Balaban J connectivity index is 2.13. The summed E-state index contributed by atoms with van der Waals surface area (Å²) < 4.78 is 22.2. The Morgan fingerprint density at radius 2 is 2.05 bits per heavy atom. The summed E-state index contributed by atoms with van der Waals surface area (Å²) in [7, 11) is -3.29. The Kier molecular flexibility index (Phi) is 3.48. The smallest absolute Gasteiger partial charge is 0.336 e. The summed E-state index contributed by atoms with van der Waals surface area (Å²) in [6.07, 6.45) is 2.69. The van der Waals surface area contributed by atoms with Crippen molar-refractivity contribution < 1.29 is 18.3 Å². The minimum Gasteiger partial charge on any atom is -0.478 e. The van der Waals surface area contributed by atoms with Crippen LogP contribution in [0.5, 0.6) is 0 Å². The van der Waals surface area contributed by atoms with Crippen LogP contribution in [0, 0.1) is 0 Å². The lowest BCUT2D eigenvalue weighted by molar-refractivity contribution is 0.0696. The maximum absolute atomic E-state index is 11.1. The van der Waals surface area contributed by atoms with Gasteiger partial charge in [-0.1, -0.05) is 18.2 Å². The Hall–Kier alpha value is -2.41. The molecule has 0 fully saturated rings. The minimum absolute atomic E-state index is 0.122. The van der Waals surface area contributed by atoms with Gasteiger partial charge >= 0.3 is 5.97 Å². The fraction of sp³-hybridized carbons (Fsp3) is 0. The topological polar surface area (TPSA) is 95.8 Å². The molecule has 2 rings (SSSR count). The number of carbonyl (C=O) groups is 1. The number of carboxylic acid groups (broad SMARTS) is 1. The number of carboxylic acids is 1. The Morgan fingerprint density at radius 3 is 2.68 bits per heavy atom. The van der Waals surface area contributed by atoms with Crippen molar-refractivity contribution in [1.82, 2.24) is 5.43 Å². The van der Waals surface area contributed by atoms with Crippen molar-refractivity contribution >= 4 is 22.0 Å². The van der Waals surface area contributed by atoms with Gasteiger partial charge in [0.25, 0.3) is 0 Å². The molecular weight excluding hydrogens is 268 g/mol. The van der Waals surface area contributed by atoms with Crippen molar-refractivity contribution in [2.45, 2.75) is 0 Å². The minimum atomic E-state index is -3.29. The first-order chi connectivity index (χ1) is 8.98. The molecular formula is C12H10N2O4S. The van der Waals surface area contributed by atoms with E-state index in [4.69, 9.17) is 5.11 Å². The van der Waals surface area contributed by atoms with Crippen molar-refractivity contribution in [1.29, 1.82) is 0 Å². The van der Waals surface area contributed by atoms with Crippen LogP contribution in [0.2, 0.25) is 0 Å². The first-order valence-electron chi connectivity index (χ1n) is 5.24. The van der Waals surface area contributed by atoms with Gasteiger partial charge in [-0.2, -0.15) is 5.10 Å². The lowest BCUT2D eigenvalue weighted by atomic mass is 10.1. The number of benzene rings is 1. The van der Waals surface area contributed by atoms with E-state index >= 15 is 0 Å². The van der Waals surface area contributed by atoms with E-state index in [1.54, 1.807) is 18.2 Å². The second kappa shape index (κ2) is 5.07. The van der Waals surface area contributed by atoms with Gasteiger partial charge in [-0.05, 0) is 12.1 Å². The Labute approximate surface area is 109 Å². The molecule has 0 spiro atoms. The highest BCUT2D eigenvalue weighted by atomic mass is 32.2. The quantitative estimate of drug-likeness (QED) is 0.635. The van der Waals surface area contributed by atoms with Crippen LogP contribution in [0.3, 0.4) is 0 Å². The Bertz CT molecular complexity index is 702. The SMILES string of the molecule is O=C(O)c1ccccc1C=NNC1=CS(=O)(=O)C=C1. The molecule has 0 saturated heterocycles. The molecule has 7 heteroatoms. The second-order valence-electron chi connectivity index (χ2n) is 3.73. The number of aromatic carboxylic acids is 1. The summed E-state index contributed by atoms with van der Waals surface area (Å²) in [5.41, 5.74) is 3.39. The summed E-state index contributed by atoms with van der Waals surface area (Å²) >= 11 is 0. The standard InChI is InChI=1S/C12H10N2O4S/c15-12(16)11-4-2-1-3-9(11)7-13-14-10-5-6-19(17,18)8-10/h1-8,14H,(H,15,16). The highest BCUT2D eigenvalue weighted by Crippen LogP contribution is 2.10. The van der Waals surface area contributed by atoms with E-state index in [2.05, 4.69) is 10.5 Å². The molecule has 1 aromatic carbocycles. The number of nitrogens with zero attached hydrogens (tertiary/aromatic N) is 1. The van der Waals surface area contributed by atoms with E-state index in [0.29, 0.717) is 11.3 Å². The zero-order valence-corrected chi connectivity index (χ0v) is 10.5. The fourth-order valence-corrected chi connectivity index (χ4v) is 2.37. The summed E-state index contributed by atoms with van der Waals surface area (Å²) in [4.78, 5) is 10.9. The molecule has 0 radical (unpaired) electrons. The van der Waals surface area contributed by atoms with Crippen molar-refractivity contribution in [2.75, 3.05) is 0 Å². The summed E-state index contributed by atoms with van der Waals surface area (Å²) in [6, 6.07) is 6.36. The summed E-state index contributed by atoms with van der Waals surface area (Å²) in [5.74, 6) is -1.05. The molecule has 0 amide bonds. The van der Waals surface area contributed by atoms with E-state index in [9.17, 15) is 13.2 Å². The molecule has 1 aliphatic rings. The van der Waals surface area contributed by atoms with E-state index in [0.717, 1.165) is 10.8 Å². The van der Waals surface area contributed by atoms with Gasteiger partial charge in [-0.3, -0.25) is 5.43 Å². The van der Waals surface area contributed by atoms with Gasteiger partial charge in [0.1, 0.15) is 0 Å². The molecule has 98 valence electrons. The first-order valence-corrected chi connectivity index (χ1v) is 6.85. The molecule has 19 heavy (non-hydrogen) atoms. The van der Waals surface area contributed by atoms with Gasteiger partial charge in [0.15, 0.2) is 9.84 Å². The van der Waals surface area contributed by atoms with Crippen LogP contribution in [0.4, 0.5) is 0 Å². The van der Waals surface area contributed by atoms with Crippen LogP contribution >= 0.6 is 0 Å². The zero-order valence-electron chi connectivity index (χ0n) is 9.65. The third-order valence-electron chi connectivity index (χ3n) is 2.32. The molecule has 1 aromatic rings. The maximum atomic E-state index is 11.1. The zero-order chi connectivity index (χ0) is 13.9. The molecule has 0 atom stereocenters. The van der Waals surface area contributed by atoms with Gasteiger partial charge in [-0.25, -0.2) is 13.2 Å². The van der Waals surface area contributed by atoms with Crippen LogP contribution in [0.15, 0.2) is 52.0 Å². The largest absolute Gasteiger partial charge is 0.478 e. The van der Waals surface area contributed by atoms with Crippen LogP contribution in [-0.2, 0) is 9.84 Å². The lowest BCUT2D eigenvalue weighted by Gasteiger charge is -2.00. The molecule has 0 aliphatic carbocycles. The normalized spacial score (nSPS) is 16.5. The van der Waals surface area contributed by atoms with E-state index in [1.807, 2.05) is 0 Å². The van der Waals surface area contributed by atoms with Gasteiger partial charge in [0, 0.05) is 11.0 Å². The van der Waals surface area contributed by atoms with Gasteiger partial charge < -0.3 is 5.11 Å². The first kappa shape index (κ1) is 13.0. The molecule has 0 unspecified atom stereocenters. The molecule has 0 saturated carbocycles. The predicted octanol–water partition coefficient (Wildman–Crippen LogP) is 1.09. The second-order valence-corrected chi connectivity index (χ2v) is 5.41. The van der Waals surface area contributed by atoms with Crippen LogP contribution in [0.1, 0.15) is 15.9 Å².